The number of halogens is 3. The quantitative estimate of drug-likeness (QED) is 0.673. The number of hydrogen-bond donors (Lipinski definition) is 2. The standard InChI is InChI=1S/C14H15F3N4/c1-2-21(8-14(15,16)17)12-7-10(13(18)19)9-5-3-4-6-11(9)20-12/h3-7H,2,8H2,1H3,(H3,18,19). The van der Waals surface area contributed by atoms with Crippen molar-refractivity contribution in [3.05, 3.63) is 35.9 Å². The van der Waals surface area contributed by atoms with Gasteiger partial charge in [0.1, 0.15) is 18.2 Å². The Morgan fingerprint density at radius 2 is 2.00 bits per heavy atom. The van der Waals surface area contributed by atoms with Crippen LogP contribution in [-0.2, 0) is 0 Å². The Morgan fingerprint density at radius 1 is 1.33 bits per heavy atom. The zero-order valence-electron chi connectivity index (χ0n) is 11.4. The fourth-order valence-electron chi connectivity index (χ4n) is 2.12. The predicted octanol–water partition coefficient (Wildman–Crippen LogP) is 2.91. The van der Waals surface area contributed by atoms with Crippen molar-refractivity contribution in [2.24, 2.45) is 5.73 Å². The number of benzene rings is 1. The molecule has 0 aliphatic heterocycles. The Morgan fingerprint density at radius 3 is 2.57 bits per heavy atom. The van der Waals surface area contributed by atoms with Gasteiger partial charge in [-0.15, -0.1) is 0 Å². The maximum Gasteiger partial charge on any atom is 0.405 e. The molecule has 2 aromatic rings. The zero-order chi connectivity index (χ0) is 15.6. The lowest BCUT2D eigenvalue weighted by Gasteiger charge is -2.24. The van der Waals surface area contributed by atoms with Gasteiger partial charge in [0, 0.05) is 17.5 Å². The number of anilines is 1. The van der Waals surface area contributed by atoms with Gasteiger partial charge in [-0.1, -0.05) is 18.2 Å². The zero-order valence-corrected chi connectivity index (χ0v) is 11.4. The summed E-state index contributed by atoms with van der Waals surface area (Å²) < 4.78 is 37.8. The first-order valence-corrected chi connectivity index (χ1v) is 6.37. The van der Waals surface area contributed by atoms with Gasteiger partial charge in [0.2, 0.25) is 0 Å². The summed E-state index contributed by atoms with van der Waals surface area (Å²) in [6, 6.07) is 8.36. The monoisotopic (exact) mass is 296 g/mol. The topological polar surface area (TPSA) is 66.0 Å². The molecule has 4 nitrogen and oxygen atoms in total. The molecule has 0 unspecified atom stereocenters. The van der Waals surface area contributed by atoms with Crippen molar-refractivity contribution in [2.75, 3.05) is 18.0 Å². The minimum Gasteiger partial charge on any atom is -0.384 e. The van der Waals surface area contributed by atoms with Gasteiger partial charge in [0.15, 0.2) is 0 Å². The van der Waals surface area contributed by atoms with Crippen LogP contribution in [0.3, 0.4) is 0 Å². The highest BCUT2D eigenvalue weighted by Crippen LogP contribution is 2.25. The second-order valence-electron chi connectivity index (χ2n) is 4.59. The molecule has 0 saturated carbocycles. The average molecular weight is 296 g/mol. The molecule has 0 aliphatic rings. The van der Waals surface area contributed by atoms with Crippen molar-refractivity contribution in [3.8, 4) is 0 Å². The van der Waals surface area contributed by atoms with Crippen LogP contribution in [0.2, 0.25) is 0 Å². The summed E-state index contributed by atoms with van der Waals surface area (Å²) in [5.74, 6) is -0.0309. The van der Waals surface area contributed by atoms with Crippen LogP contribution in [-0.4, -0.2) is 30.1 Å². The van der Waals surface area contributed by atoms with Crippen LogP contribution in [0.25, 0.3) is 10.9 Å². The second-order valence-corrected chi connectivity index (χ2v) is 4.59. The van der Waals surface area contributed by atoms with Crippen molar-refractivity contribution in [3.63, 3.8) is 0 Å². The first kappa shape index (κ1) is 15.1. The summed E-state index contributed by atoms with van der Waals surface area (Å²) in [6.07, 6.45) is -4.32. The molecule has 0 radical (unpaired) electrons. The van der Waals surface area contributed by atoms with E-state index in [0.29, 0.717) is 16.5 Å². The van der Waals surface area contributed by atoms with Crippen LogP contribution in [0.4, 0.5) is 19.0 Å². The molecule has 3 N–H and O–H groups in total. The molecule has 1 heterocycles. The Labute approximate surface area is 119 Å². The van der Waals surface area contributed by atoms with E-state index in [1.807, 2.05) is 0 Å². The summed E-state index contributed by atoms with van der Waals surface area (Å²) in [5, 5.41) is 8.25. The van der Waals surface area contributed by atoms with E-state index in [1.54, 1.807) is 31.2 Å². The summed E-state index contributed by atoms with van der Waals surface area (Å²) in [7, 11) is 0. The summed E-state index contributed by atoms with van der Waals surface area (Å²) in [6.45, 7) is 0.685. The van der Waals surface area contributed by atoms with Crippen molar-refractivity contribution >= 4 is 22.6 Å². The van der Waals surface area contributed by atoms with Crippen molar-refractivity contribution in [1.29, 1.82) is 5.41 Å². The van der Waals surface area contributed by atoms with Gasteiger partial charge in [0.25, 0.3) is 0 Å². The van der Waals surface area contributed by atoms with E-state index in [9.17, 15) is 13.2 Å². The van der Waals surface area contributed by atoms with E-state index in [-0.39, 0.29) is 18.2 Å². The lowest BCUT2D eigenvalue weighted by Crippen LogP contribution is -2.34. The van der Waals surface area contributed by atoms with Gasteiger partial charge in [-0.3, -0.25) is 5.41 Å². The number of nitrogen functional groups attached to an aromatic ring is 1. The summed E-state index contributed by atoms with van der Waals surface area (Å²) >= 11 is 0. The first-order chi connectivity index (χ1) is 9.81. The Bertz CT molecular complexity index is 667. The van der Waals surface area contributed by atoms with E-state index in [2.05, 4.69) is 4.98 Å². The lowest BCUT2D eigenvalue weighted by atomic mass is 10.1. The summed E-state index contributed by atoms with van der Waals surface area (Å²) in [4.78, 5) is 5.36. The van der Waals surface area contributed by atoms with Crippen LogP contribution in [0.1, 0.15) is 12.5 Å². The summed E-state index contributed by atoms with van der Waals surface area (Å²) in [5.41, 5.74) is 6.43. The lowest BCUT2D eigenvalue weighted by molar-refractivity contribution is -0.119. The number of alkyl halides is 3. The van der Waals surface area contributed by atoms with Crippen LogP contribution < -0.4 is 10.6 Å². The minimum absolute atomic E-state index is 0.155. The molecular formula is C14H15F3N4. The number of amidine groups is 1. The van der Waals surface area contributed by atoms with Crippen molar-refractivity contribution < 1.29 is 13.2 Å². The number of nitrogens with one attached hydrogen (secondary N) is 1. The molecule has 0 atom stereocenters. The van der Waals surface area contributed by atoms with Crippen molar-refractivity contribution in [1.82, 2.24) is 4.98 Å². The first-order valence-electron chi connectivity index (χ1n) is 6.37. The van der Waals surface area contributed by atoms with Gasteiger partial charge in [-0.25, -0.2) is 4.98 Å². The number of pyridine rings is 1. The van der Waals surface area contributed by atoms with Crippen LogP contribution in [0, 0.1) is 5.41 Å². The highest BCUT2D eigenvalue weighted by Gasteiger charge is 2.31. The molecular weight excluding hydrogens is 281 g/mol. The molecule has 1 aromatic heterocycles. The third-order valence-electron chi connectivity index (χ3n) is 3.07. The molecule has 0 amide bonds. The Kier molecular flexibility index (Phi) is 4.02. The molecule has 1 aromatic carbocycles. The number of nitrogens with two attached hydrogens (primary N) is 1. The molecule has 112 valence electrons. The van der Waals surface area contributed by atoms with Crippen LogP contribution >= 0.6 is 0 Å². The largest absolute Gasteiger partial charge is 0.405 e. The maximum atomic E-state index is 12.6. The van der Waals surface area contributed by atoms with E-state index in [1.165, 1.54) is 6.07 Å². The molecule has 0 fully saturated rings. The van der Waals surface area contributed by atoms with E-state index in [4.69, 9.17) is 11.1 Å². The number of rotatable bonds is 4. The van der Waals surface area contributed by atoms with Crippen molar-refractivity contribution in [2.45, 2.75) is 13.1 Å². The molecule has 0 aliphatic carbocycles. The second kappa shape index (κ2) is 5.59. The highest BCUT2D eigenvalue weighted by atomic mass is 19.4. The average Bonchev–Trinajstić information content (AvgIpc) is 2.42. The SMILES string of the molecule is CCN(CC(F)(F)F)c1cc(C(=N)N)c2ccccc2n1. The normalized spacial score (nSPS) is 11.6. The smallest absolute Gasteiger partial charge is 0.384 e. The number of para-hydroxylation sites is 1. The van der Waals surface area contributed by atoms with Gasteiger partial charge in [-0.2, -0.15) is 13.2 Å². The Balaban J connectivity index is 2.56. The number of fused-ring (bicyclic) bond motifs is 1. The molecule has 0 saturated heterocycles. The molecule has 2 rings (SSSR count). The molecule has 0 bridgehead atoms. The van der Waals surface area contributed by atoms with E-state index >= 15 is 0 Å². The fourth-order valence-corrected chi connectivity index (χ4v) is 2.12. The fraction of sp³-hybridized carbons (Fsp3) is 0.286. The van der Waals surface area contributed by atoms with Gasteiger partial charge in [0.05, 0.1) is 5.52 Å². The highest BCUT2D eigenvalue weighted by molar-refractivity contribution is 6.07. The van der Waals surface area contributed by atoms with E-state index in [0.717, 1.165) is 4.90 Å². The molecule has 21 heavy (non-hydrogen) atoms. The number of aromatic nitrogens is 1. The van der Waals surface area contributed by atoms with Gasteiger partial charge >= 0.3 is 6.18 Å². The van der Waals surface area contributed by atoms with Crippen LogP contribution in [0.15, 0.2) is 30.3 Å². The minimum atomic E-state index is -4.32. The molecule has 0 spiro atoms. The maximum absolute atomic E-state index is 12.6. The van der Waals surface area contributed by atoms with Crippen LogP contribution in [0.5, 0.6) is 0 Å². The Hall–Kier alpha value is -2.31. The number of hydrogen-bond acceptors (Lipinski definition) is 3. The molecule has 7 heteroatoms. The van der Waals surface area contributed by atoms with Gasteiger partial charge < -0.3 is 10.6 Å². The van der Waals surface area contributed by atoms with E-state index < -0.39 is 12.7 Å². The third kappa shape index (κ3) is 3.42. The number of nitrogens with zero attached hydrogens (tertiary/aromatic N) is 2. The predicted molar refractivity (Wildman–Crippen MR) is 76.7 cm³/mol. The van der Waals surface area contributed by atoms with Gasteiger partial charge in [-0.05, 0) is 19.1 Å². The third-order valence-corrected chi connectivity index (χ3v) is 3.07.